The van der Waals surface area contributed by atoms with Gasteiger partial charge in [-0.2, -0.15) is 0 Å². The first-order chi connectivity index (χ1) is 28.4. The van der Waals surface area contributed by atoms with Crippen LogP contribution in [-0.2, 0) is 39.4 Å². The van der Waals surface area contributed by atoms with Crippen molar-refractivity contribution in [3.63, 3.8) is 0 Å². The summed E-state index contributed by atoms with van der Waals surface area (Å²) in [5, 5.41) is 16.0. The highest BCUT2D eigenvalue weighted by Crippen LogP contribution is 2.60. The van der Waals surface area contributed by atoms with Crippen molar-refractivity contribution < 1.29 is 24.2 Å². The minimum atomic E-state index is -2.55. The van der Waals surface area contributed by atoms with Crippen LogP contribution in [0.2, 0.25) is 23.7 Å². The number of nitrogens with one attached hydrogen (secondary N) is 1. The van der Waals surface area contributed by atoms with Crippen molar-refractivity contribution in [1.29, 1.82) is 0 Å². The number of anilines is 1. The molecular weight excluding hydrogens is 780 g/mol. The third-order valence-corrected chi connectivity index (χ3v) is 17.8. The number of ether oxygens (including phenoxy) is 2. The van der Waals surface area contributed by atoms with E-state index in [1.165, 1.54) is 4.68 Å². The number of para-hydroxylation sites is 1. The maximum absolute atomic E-state index is 15.4. The molecule has 0 unspecified atom stereocenters. The predicted octanol–water partition coefficient (Wildman–Crippen LogP) is 7.08. The van der Waals surface area contributed by atoms with Crippen LogP contribution in [0.4, 0.5) is 5.69 Å². The summed E-state index contributed by atoms with van der Waals surface area (Å²) in [6.07, 6.45) is 0.0145. The second kappa shape index (κ2) is 15.0. The molecule has 1 aromatic heterocycles. The fourth-order valence-corrected chi connectivity index (χ4v) is 14.3. The summed E-state index contributed by atoms with van der Waals surface area (Å²) in [5.74, 6) is 0.105. The molecule has 3 aliphatic heterocycles. The van der Waals surface area contributed by atoms with Gasteiger partial charge in [0.2, 0.25) is 5.91 Å². The van der Waals surface area contributed by atoms with Gasteiger partial charge in [0, 0.05) is 23.0 Å². The number of fused-ring (bicyclic) bond motifs is 4. The Morgan fingerprint density at radius 3 is 2.37 bits per heavy atom. The Morgan fingerprint density at radius 1 is 0.949 bits per heavy atom. The molecule has 0 radical (unpaired) electrons. The molecule has 5 aromatic carbocycles. The minimum absolute atomic E-state index is 0.0553. The first-order valence-corrected chi connectivity index (χ1v) is 23.6. The number of halogens is 1. The van der Waals surface area contributed by atoms with Crippen molar-refractivity contribution in [2.75, 3.05) is 18.6 Å². The van der Waals surface area contributed by atoms with Crippen molar-refractivity contribution in [3.8, 4) is 11.4 Å². The number of aromatic nitrogens is 2. The van der Waals surface area contributed by atoms with Crippen LogP contribution in [-0.4, -0.2) is 65.5 Å². The molecule has 302 valence electrons. The van der Waals surface area contributed by atoms with Gasteiger partial charge >= 0.3 is 0 Å². The highest BCUT2D eigenvalue weighted by atomic mass is 35.5. The topological polar surface area (TPSA) is 117 Å². The lowest BCUT2D eigenvalue weighted by Gasteiger charge is -2.39. The largest absolute Gasteiger partial charge is 0.497 e. The molecule has 6 aromatic rings. The molecule has 1 fully saturated rings. The fourth-order valence-electron chi connectivity index (χ4n) is 10.1. The van der Waals surface area contributed by atoms with Gasteiger partial charge in [-0.1, -0.05) is 97.5 Å². The van der Waals surface area contributed by atoms with E-state index < -0.39 is 19.8 Å². The maximum Gasteiger partial charge on any atom is 0.279 e. The first kappa shape index (κ1) is 39.0. The van der Waals surface area contributed by atoms with Crippen LogP contribution in [0.5, 0.6) is 5.75 Å². The number of nitrogens with zero attached hydrogens (tertiary/aromatic N) is 3. The van der Waals surface area contributed by atoms with Gasteiger partial charge in [-0.3, -0.25) is 19.5 Å². The van der Waals surface area contributed by atoms with Gasteiger partial charge < -0.3 is 24.4 Å². The van der Waals surface area contributed by atoms with Crippen LogP contribution >= 0.6 is 11.6 Å². The maximum atomic E-state index is 15.4. The van der Waals surface area contributed by atoms with Crippen LogP contribution in [0.3, 0.4) is 0 Å². The average Bonchev–Trinajstić information content (AvgIpc) is 3.83. The molecule has 1 saturated heterocycles. The van der Waals surface area contributed by atoms with Crippen LogP contribution < -0.4 is 20.4 Å². The zero-order chi connectivity index (χ0) is 41.2. The molecule has 59 heavy (non-hydrogen) atoms. The molecular formula is C47H47ClN4O6Si. The quantitative estimate of drug-likeness (QED) is 0.151. The Bertz CT molecular complexity index is 2640. The number of carbonyl (C=O) groups is 2. The highest BCUT2D eigenvalue weighted by molar-refractivity contribution is 6.91. The second-order valence-electron chi connectivity index (χ2n) is 16.7. The van der Waals surface area contributed by atoms with E-state index in [0.29, 0.717) is 40.3 Å². The Kier molecular flexibility index (Phi) is 9.90. The third-order valence-electron chi connectivity index (χ3n) is 13.2. The number of hydrogen-bond acceptors (Lipinski definition) is 6. The normalized spacial score (nSPS) is 22.6. The number of amides is 2. The number of methoxy groups -OCH3 is 1. The number of benzene rings is 5. The van der Waals surface area contributed by atoms with Gasteiger partial charge in [0.05, 0.1) is 69.2 Å². The zero-order valence-corrected chi connectivity index (χ0v) is 35.3. The monoisotopic (exact) mass is 826 g/mol. The number of aliphatic hydroxyl groups is 1. The molecule has 0 aliphatic carbocycles. The Morgan fingerprint density at radius 2 is 1.66 bits per heavy atom. The van der Waals surface area contributed by atoms with Gasteiger partial charge in [-0.05, 0) is 83.2 Å². The van der Waals surface area contributed by atoms with E-state index in [-0.39, 0.29) is 54.4 Å². The average molecular weight is 827 g/mol. The van der Waals surface area contributed by atoms with Crippen molar-refractivity contribution in [2.45, 2.75) is 69.2 Å². The SMILES string of the molecule is COc1ccc([Si](C)(C)[C@@H]2[C@@H](CC(=O)N3Cc4ccccc4C[C@H]3CO)O[C@]3(C(=O)N(Cc4ccc(-n5[nH]c6ccccc6c5=O)cc4)c4ccc(Cl)cc43)[C@H]2C)cc1. The fraction of sp³-hybridized carbons (Fsp3) is 0.298. The summed E-state index contributed by atoms with van der Waals surface area (Å²) in [4.78, 5) is 46.7. The molecule has 10 nitrogen and oxygen atoms in total. The van der Waals surface area contributed by atoms with E-state index in [1.54, 1.807) is 29.0 Å². The lowest BCUT2D eigenvalue weighted by atomic mass is 9.82. The van der Waals surface area contributed by atoms with Crippen molar-refractivity contribution in [2.24, 2.45) is 5.92 Å². The van der Waals surface area contributed by atoms with Crippen molar-refractivity contribution in [1.82, 2.24) is 14.7 Å². The molecule has 0 saturated carbocycles. The first-order valence-electron chi connectivity index (χ1n) is 20.1. The lowest BCUT2D eigenvalue weighted by Crippen LogP contribution is -2.52. The molecule has 2 amide bonds. The Labute approximate surface area is 348 Å². The Balaban J connectivity index is 1.08. The molecule has 0 bridgehead atoms. The molecule has 4 heterocycles. The van der Waals surface area contributed by atoms with Gasteiger partial charge in [0.25, 0.3) is 11.5 Å². The van der Waals surface area contributed by atoms with E-state index in [0.717, 1.165) is 33.1 Å². The summed E-state index contributed by atoms with van der Waals surface area (Å²) in [5.41, 5.74) is 4.20. The predicted molar refractivity (Wildman–Crippen MR) is 232 cm³/mol. The van der Waals surface area contributed by atoms with Crippen LogP contribution in [0.25, 0.3) is 16.6 Å². The van der Waals surface area contributed by atoms with Gasteiger partial charge in [-0.15, -0.1) is 0 Å². The number of carbonyl (C=O) groups excluding carboxylic acids is 2. The standard InChI is InChI=1S/C47H47ClN4O6Si/c1-29-44(59(3,4)37-20-18-36(57-2)19-21-37)42(25-43(54)50-27-32-10-6-5-9-31(32)23-35(50)28-53)58-47(29)39-24-33(48)15-22-41(39)51(46(47)56)26-30-13-16-34(17-14-30)52-45(55)38-11-7-8-12-40(38)49-52/h5-22,24,29,35,42,44,49,53H,23,25-28H2,1-4H3/t29-,35-,42+,44-,47+/m0/s1. The Hall–Kier alpha value is -5.46. The zero-order valence-electron chi connectivity index (χ0n) is 33.5. The number of aliphatic hydroxyl groups excluding tert-OH is 1. The molecule has 2 N–H and O–H groups in total. The number of H-pyrrole nitrogens is 1. The third kappa shape index (κ3) is 6.42. The molecule has 5 atom stereocenters. The molecule has 12 heteroatoms. The number of rotatable bonds is 9. The summed E-state index contributed by atoms with van der Waals surface area (Å²) in [6, 6.07) is 36.4. The van der Waals surface area contributed by atoms with Crippen LogP contribution in [0.15, 0.2) is 120 Å². The van der Waals surface area contributed by atoms with Gasteiger partial charge in [0.15, 0.2) is 5.60 Å². The van der Waals surface area contributed by atoms with E-state index in [1.807, 2.05) is 84.9 Å². The number of aromatic amines is 1. The van der Waals surface area contributed by atoms with Crippen molar-refractivity contribution in [3.05, 3.63) is 153 Å². The van der Waals surface area contributed by atoms with Crippen molar-refractivity contribution >= 4 is 53.3 Å². The molecule has 1 spiro atoms. The summed E-state index contributed by atoms with van der Waals surface area (Å²) in [7, 11) is -0.906. The highest BCUT2D eigenvalue weighted by Gasteiger charge is 2.66. The van der Waals surface area contributed by atoms with Crippen LogP contribution in [0, 0.1) is 5.92 Å². The summed E-state index contributed by atoms with van der Waals surface area (Å²) < 4.78 is 14.3. The van der Waals surface area contributed by atoms with Gasteiger partial charge in [-0.25, -0.2) is 4.68 Å². The van der Waals surface area contributed by atoms with E-state index in [9.17, 15) is 14.7 Å². The lowest BCUT2D eigenvalue weighted by molar-refractivity contribution is -0.151. The van der Waals surface area contributed by atoms with Crippen LogP contribution in [0.1, 0.15) is 35.6 Å². The van der Waals surface area contributed by atoms with E-state index in [2.05, 4.69) is 43.3 Å². The minimum Gasteiger partial charge on any atom is -0.497 e. The summed E-state index contributed by atoms with van der Waals surface area (Å²) >= 11 is 6.75. The second-order valence-corrected chi connectivity index (χ2v) is 21.8. The van der Waals surface area contributed by atoms with Gasteiger partial charge in [0.1, 0.15) is 5.75 Å². The summed E-state index contributed by atoms with van der Waals surface area (Å²) in [6.45, 7) is 7.18. The van der Waals surface area contributed by atoms with E-state index >= 15 is 4.79 Å². The number of hydrogen-bond donors (Lipinski definition) is 2. The van der Waals surface area contributed by atoms with E-state index in [4.69, 9.17) is 21.1 Å². The molecule has 9 rings (SSSR count). The smallest absolute Gasteiger partial charge is 0.279 e. The molecule has 3 aliphatic rings.